The summed E-state index contributed by atoms with van der Waals surface area (Å²) in [6.07, 6.45) is 0. The van der Waals surface area contributed by atoms with Gasteiger partial charge in [0.25, 0.3) is 11.6 Å². The van der Waals surface area contributed by atoms with Crippen LogP contribution in [0.1, 0.15) is 20.7 Å². The zero-order chi connectivity index (χ0) is 21.5. The monoisotopic (exact) mass is 516 g/mol. The molecule has 30 heavy (non-hydrogen) atoms. The van der Waals surface area contributed by atoms with E-state index in [1.165, 1.54) is 24.3 Å². The van der Waals surface area contributed by atoms with Crippen LogP contribution >= 0.6 is 22.6 Å². The minimum Gasteiger partial charge on any atom is -0.338 e. The predicted octanol–water partition coefficient (Wildman–Crippen LogP) is 5.31. The van der Waals surface area contributed by atoms with Crippen molar-refractivity contribution in [2.24, 2.45) is 10.2 Å². The highest BCUT2D eigenvalue weighted by molar-refractivity contribution is 14.1. The number of carbonyl (C=O) groups excluding carboxylic acids is 2. The van der Waals surface area contributed by atoms with Gasteiger partial charge < -0.3 is 4.84 Å². The maximum Gasteiger partial charge on any atom is 0.362 e. The summed E-state index contributed by atoms with van der Waals surface area (Å²) < 4.78 is 1.01. The number of amides is 1. The number of benzene rings is 3. The number of rotatable bonds is 6. The van der Waals surface area contributed by atoms with Gasteiger partial charge >= 0.3 is 5.97 Å². The van der Waals surface area contributed by atoms with Crippen molar-refractivity contribution in [2.45, 2.75) is 0 Å². The summed E-state index contributed by atoms with van der Waals surface area (Å²) in [4.78, 5) is 39.1. The van der Waals surface area contributed by atoms with Crippen molar-refractivity contribution in [3.8, 4) is 0 Å². The number of azo groups is 1. The van der Waals surface area contributed by atoms with E-state index in [1.807, 2.05) is 0 Å². The van der Waals surface area contributed by atoms with Crippen LogP contribution in [0.4, 0.5) is 17.1 Å². The standard InChI is InChI=1S/C20H13IN4O5/c21-15-5-1-14(2-6-15)20(27)30-24-17-9-7-16(8-10-17)22-23-19(26)13-3-11-18(12-4-13)25(28)29/h1-12,24H. The van der Waals surface area contributed by atoms with Gasteiger partial charge in [0.05, 0.1) is 21.9 Å². The molecule has 3 rings (SSSR count). The van der Waals surface area contributed by atoms with Crippen molar-refractivity contribution >= 4 is 51.5 Å². The van der Waals surface area contributed by atoms with Crippen LogP contribution in [0, 0.1) is 13.7 Å². The Morgan fingerprint density at radius 3 is 2.10 bits per heavy atom. The molecule has 1 N–H and O–H groups in total. The van der Waals surface area contributed by atoms with Crippen LogP contribution in [0.3, 0.4) is 0 Å². The molecule has 0 atom stereocenters. The lowest BCUT2D eigenvalue weighted by atomic mass is 10.2. The van der Waals surface area contributed by atoms with Gasteiger partial charge in [0, 0.05) is 21.3 Å². The first-order chi connectivity index (χ1) is 14.4. The molecule has 1 amide bonds. The van der Waals surface area contributed by atoms with Crippen molar-refractivity contribution in [2.75, 3.05) is 5.48 Å². The molecule has 0 spiro atoms. The smallest absolute Gasteiger partial charge is 0.338 e. The first kappa shape index (κ1) is 21.0. The molecule has 0 heterocycles. The van der Waals surface area contributed by atoms with E-state index in [-0.39, 0.29) is 11.3 Å². The van der Waals surface area contributed by atoms with Crippen LogP contribution in [-0.2, 0) is 4.84 Å². The number of hydrogen-bond donors (Lipinski definition) is 1. The molecule has 0 saturated heterocycles. The molecule has 3 aromatic carbocycles. The minimum atomic E-state index is -0.626. The Kier molecular flexibility index (Phi) is 6.80. The maximum absolute atomic E-state index is 12.0. The van der Waals surface area contributed by atoms with Gasteiger partial charge in [-0.3, -0.25) is 14.9 Å². The van der Waals surface area contributed by atoms with Gasteiger partial charge in [-0.1, -0.05) is 0 Å². The zero-order valence-corrected chi connectivity index (χ0v) is 17.3. The molecule has 0 aliphatic carbocycles. The second-order valence-corrected chi connectivity index (χ2v) is 7.10. The van der Waals surface area contributed by atoms with Gasteiger partial charge in [-0.2, -0.15) is 0 Å². The molecule has 10 heteroatoms. The fraction of sp³-hybridized carbons (Fsp3) is 0. The molecule has 0 aromatic heterocycles. The summed E-state index contributed by atoms with van der Waals surface area (Å²) >= 11 is 2.14. The Labute approximate surface area is 184 Å². The van der Waals surface area contributed by atoms with Crippen LogP contribution in [0.15, 0.2) is 83.0 Å². The Balaban J connectivity index is 1.55. The van der Waals surface area contributed by atoms with Crippen molar-refractivity contribution < 1.29 is 19.3 Å². The number of hydrogen-bond acceptors (Lipinski definition) is 7. The average Bonchev–Trinajstić information content (AvgIpc) is 2.77. The van der Waals surface area contributed by atoms with Gasteiger partial charge in [-0.05, 0) is 83.3 Å². The van der Waals surface area contributed by atoms with Crippen LogP contribution in [0.5, 0.6) is 0 Å². The van der Waals surface area contributed by atoms with Gasteiger partial charge in [-0.15, -0.1) is 10.2 Å². The van der Waals surface area contributed by atoms with E-state index >= 15 is 0 Å². The van der Waals surface area contributed by atoms with Crippen molar-refractivity contribution in [1.29, 1.82) is 0 Å². The molecule has 0 aliphatic rings. The molecule has 3 aromatic rings. The molecule has 150 valence electrons. The van der Waals surface area contributed by atoms with E-state index in [4.69, 9.17) is 4.84 Å². The van der Waals surface area contributed by atoms with Crippen LogP contribution in [0.25, 0.3) is 0 Å². The van der Waals surface area contributed by atoms with E-state index in [9.17, 15) is 19.7 Å². The SMILES string of the molecule is O=C(N=Nc1ccc(NOC(=O)c2ccc(I)cc2)cc1)c1ccc([N+](=O)[O-])cc1. The summed E-state index contributed by atoms with van der Waals surface area (Å²) in [5.74, 6) is -1.15. The molecule has 0 saturated carbocycles. The highest BCUT2D eigenvalue weighted by Gasteiger charge is 2.09. The van der Waals surface area contributed by atoms with Crippen LogP contribution in [0.2, 0.25) is 0 Å². The van der Waals surface area contributed by atoms with E-state index < -0.39 is 16.8 Å². The predicted molar refractivity (Wildman–Crippen MR) is 117 cm³/mol. The normalized spacial score (nSPS) is 10.6. The van der Waals surface area contributed by atoms with Gasteiger partial charge in [0.15, 0.2) is 0 Å². The van der Waals surface area contributed by atoms with Gasteiger partial charge in [0.2, 0.25) is 0 Å². The number of anilines is 1. The molecule has 0 radical (unpaired) electrons. The lowest BCUT2D eigenvalue weighted by molar-refractivity contribution is -0.384. The van der Waals surface area contributed by atoms with Crippen molar-refractivity contribution in [3.63, 3.8) is 0 Å². The quantitative estimate of drug-likeness (QED) is 0.205. The number of nitrogens with one attached hydrogen (secondary N) is 1. The number of non-ortho nitro benzene ring substituents is 1. The van der Waals surface area contributed by atoms with Gasteiger partial charge in [-0.25, -0.2) is 10.3 Å². The summed E-state index contributed by atoms with van der Waals surface area (Å²) in [7, 11) is 0. The fourth-order valence-electron chi connectivity index (χ4n) is 2.23. The van der Waals surface area contributed by atoms with Crippen LogP contribution < -0.4 is 5.48 Å². The zero-order valence-electron chi connectivity index (χ0n) is 15.2. The Hall–Kier alpha value is -3.67. The van der Waals surface area contributed by atoms with Gasteiger partial charge in [0.1, 0.15) is 0 Å². The Bertz CT molecular complexity index is 1100. The molecular weight excluding hydrogens is 503 g/mol. The third kappa shape index (κ3) is 5.67. The molecular formula is C20H13IN4O5. The number of nitrogens with zero attached hydrogens (tertiary/aromatic N) is 3. The average molecular weight is 516 g/mol. The lowest BCUT2D eigenvalue weighted by Crippen LogP contribution is -2.10. The van der Waals surface area contributed by atoms with E-state index in [0.29, 0.717) is 16.9 Å². The maximum atomic E-state index is 12.0. The van der Waals surface area contributed by atoms with Crippen molar-refractivity contribution in [1.82, 2.24) is 0 Å². The highest BCUT2D eigenvalue weighted by atomic mass is 127. The highest BCUT2D eigenvalue weighted by Crippen LogP contribution is 2.18. The first-order valence-electron chi connectivity index (χ1n) is 8.46. The van der Waals surface area contributed by atoms with Crippen molar-refractivity contribution in [3.05, 3.63) is 97.6 Å². The fourth-order valence-corrected chi connectivity index (χ4v) is 2.59. The molecule has 0 unspecified atom stereocenters. The summed E-state index contributed by atoms with van der Waals surface area (Å²) in [5.41, 5.74) is 3.94. The number of nitro benzene ring substituents is 1. The number of halogens is 1. The summed E-state index contributed by atoms with van der Waals surface area (Å²) in [6.45, 7) is 0. The molecule has 9 nitrogen and oxygen atoms in total. The molecule has 0 fully saturated rings. The van der Waals surface area contributed by atoms with Crippen LogP contribution in [-0.4, -0.2) is 16.8 Å². The third-order valence-electron chi connectivity index (χ3n) is 3.79. The van der Waals surface area contributed by atoms with E-state index in [2.05, 4.69) is 38.3 Å². The first-order valence-corrected chi connectivity index (χ1v) is 9.53. The number of nitro groups is 1. The van der Waals surface area contributed by atoms with E-state index in [1.54, 1.807) is 48.5 Å². The second-order valence-electron chi connectivity index (χ2n) is 5.85. The molecule has 0 bridgehead atoms. The summed E-state index contributed by atoms with van der Waals surface area (Å²) in [6, 6.07) is 18.4. The topological polar surface area (TPSA) is 123 Å². The summed E-state index contributed by atoms with van der Waals surface area (Å²) in [5, 5.41) is 18.1. The Morgan fingerprint density at radius 2 is 1.50 bits per heavy atom. The second kappa shape index (κ2) is 9.69. The lowest BCUT2D eigenvalue weighted by Gasteiger charge is -2.07. The minimum absolute atomic E-state index is 0.116. The third-order valence-corrected chi connectivity index (χ3v) is 4.51. The number of carbonyl (C=O) groups is 2. The largest absolute Gasteiger partial charge is 0.362 e. The Morgan fingerprint density at radius 1 is 0.900 bits per heavy atom. The molecule has 0 aliphatic heterocycles. The van der Waals surface area contributed by atoms with E-state index in [0.717, 1.165) is 3.57 Å².